The van der Waals surface area contributed by atoms with Gasteiger partial charge >= 0.3 is 0 Å². The second kappa shape index (κ2) is 6.35. The van der Waals surface area contributed by atoms with E-state index in [0.717, 1.165) is 13.0 Å². The van der Waals surface area contributed by atoms with Gasteiger partial charge in [-0.2, -0.15) is 0 Å². The Bertz CT molecular complexity index is 385. The summed E-state index contributed by atoms with van der Waals surface area (Å²) in [4.78, 5) is 0. The predicted octanol–water partition coefficient (Wildman–Crippen LogP) is 3.25. The summed E-state index contributed by atoms with van der Waals surface area (Å²) < 4.78 is 5.86. The molecular weight excluding hydrogens is 222 g/mol. The summed E-state index contributed by atoms with van der Waals surface area (Å²) in [5, 5.41) is 3.40. The molecule has 1 rings (SSSR count). The van der Waals surface area contributed by atoms with E-state index in [2.05, 4.69) is 51.2 Å². The molecule has 0 saturated heterocycles. The second-order valence-electron chi connectivity index (χ2n) is 5.51. The van der Waals surface area contributed by atoms with Gasteiger partial charge in [0.05, 0.1) is 5.60 Å². The fourth-order valence-corrected chi connectivity index (χ4v) is 2.41. The van der Waals surface area contributed by atoms with Crippen LogP contribution >= 0.6 is 0 Å². The summed E-state index contributed by atoms with van der Waals surface area (Å²) >= 11 is 0. The fourth-order valence-electron chi connectivity index (χ4n) is 2.41. The van der Waals surface area contributed by atoms with Gasteiger partial charge in [0.1, 0.15) is 0 Å². The van der Waals surface area contributed by atoms with Crippen LogP contribution < -0.4 is 5.32 Å². The molecule has 18 heavy (non-hydrogen) atoms. The SMILES string of the molecule is CCOC(C)(C)C(Cc1cc(C)ccc1C)NC. The summed E-state index contributed by atoms with van der Waals surface area (Å²) in [6.07, 6.45) is 0.997. The molecule has 0 saturated carbocycles. The third-order valence-electron chi connectivity index (χ3n) is 3.63. The minimum Gasteiger partial charge on any atom is -0.374 e. The highest BCUT2D eigenvalue weighted by Gasteiger charge is 2.29. The molecule has 2 nitrogen and oxygen atoms in total. The predicted molar refractivity (Wildman–Crippen MR) is 78.2 cm³/mol. The van der Waals surface area contributed by atoms with E-state index in [9.17, 15) is 0 Å². The lowest BCUT2D eigenvalue weighted by Crippen LogP contribution is -2.48. The molecule has 0 aliphatic carbocycles. The zero-order valence-corrected chi connectivity index (χ0v) is 12.6. The first-order valence-electron chi connectivity index (χ1n) is 6.78. The number of benzene rings is 1. The molecule has 2 heteroatoms. The van der Waals surface area contributed by atoms with Gasteiger partial charge in [-0.1, -0.05) is 23.8 Å². The number of nitrogens with one attached hydrogen (secondary N) is 1. The quantitative estimate of drug-likeness (QED) is 0.835. The fraction of sp³-hybridized carbons (Fsp3) is 0.625. The minimum atomic E-state index is -0.153. The van der Waals surface area contributed by atoms with E-state index in [1.54, 1.807) is 0 Å². The Balaban J connectivity index is 2.89. The molecule has 1 aromatic carbocycles. The number of rotatable bonds is 6. The van der Waals surface area contributed by atoms with E-state index in [1.165, 1.54) is 16.7 Å². The molecule has 0 aromatic heterocycles. The van der Waals surface area contributed by atoms with E-state index in [-0.39, 0.29) is 5.60 Å². The van der Waals surface area contributed by atoms with Crippen molar-refractivity contribution in [2.45, 2.75) is 52.7 Å². The molecule has 0 fully saturated rings. The van der Waals surface area contributed by atoms with Crippen LogP contribution in [0, 0.1) is 13.8 Å². The van der Waals surface area contributed by atoms with Gasteiger partial charge in [0, 0.05) is 12.6 Å². The first-order valence-corrected chi connectivity index (χ1v) is 6.78. The van der Waals surface area contributed by atoms with Gasteiger partial charge in [-0.15, -0.1) is 0 Å². The van der Waals surface area contributed by atoms with Gasteiger partial charge < -0.3 is 10.1 Å². The van der Waals surface area contributed by atoms with Crippen LogP contribution in [0.5, 0.6) is 0 Å². The highest BCUT2D eigenvalue weighted by atomic mass is 16.5. The van der Waals surface area contributed by atoms with Crippen LogP contribution in [0.15, 0.2) is 18.2 Å². The van der Waals surface area contributed by atoms with Crippen LogP contribution in [-0.4, -0.2) is 25.3 Å². The molecule has 1 atom stereocenters. The lowest BCUT2D eigenvalue weighted by Gasteiger charge is -2.34. The van der Waals surface area contributed by atoms with Gasteiger partial charge in [-0.3, -0.25) is 0 Å². The summed E-state index contributed by atoms with van der Waals surface area (Å²) in [6.45, 7) is 11.4. The molecule has 0 spiro atoms. The molecule has 0 radical (unpaired) electrons. The summed E-state index contributed by atoms with van der Waals surface area (Å²) in [5.41, 5.74) is 3.93. The Labute approximate surface area is 112 Å². The minimum absolute atomic E-state index is 0.153. The van der Waals surface area contributed by atoms with E-state index in [4.69, 9.17) is 4.74 Å². The van der Waals surface area contributed by atoms with Gasteiger partial charge in [-0.25, -0.2) is 0 Å². The molecule has 0 amide bonds. The Kier molecular flexibility index (Phi) is 5.36. The van der Waals surface area contributed by atoms with Crippen LogP contribution in [0.4, 0.5) is 0 Å². The average Bonchev–Trinajstić information content (AvgIpc) is 2.29. The van der Waals surface area contributed by atoms with Crippen molar-refractivity contribution < 1.29 is 4.74 Å². The van der Waals surface area contributed by atoms with Gasteiger partial charge in [0.25, 0.3) is 0 Å². The number of hydrogen-bond donors (Lipinski definition) is 1. The van der Waals surface area contributed by atoms with Crippen molar-refractivity contribution in [2.75, 3.05) is 13.7 Å². The van der Waals surface area contributed by atoms with Crippen molar-refractivity contribution in [2.24, 2.45) is 0 Å². The molecule has 0 aliphatic rings. The van der Waals surface area contributed by atoms with Gasteiger partial charge in [0.2, 0.25) is 0 Å². The smallest absolute Gasteiger partial charge is 0.0781 e. The topological polar surface area (TPSA) is 21.3 Å². The lowest BCUT2D eigenvalue weighted by molar-refractivity contribution is -0.0363. The second-order valence-corrected chi connectivity index (χ2v) is 5.51. The molecule has 1 N–H and O–H groups in total. The molecule has 0 bridgehead atoms. The standard InChI is InChI=1S/C16H27NO/c1-7-18-16(4,5)15(17-6)11-14-10-12(2)8-9-13(14)3/h8-10,15,17H,7,11H2,1-6H3. The number of aryl methyl sites for hydroxylation is 2. The van der Waals surface area contributed by atoms with Crippen molar-refractivity contribution >= 4 is 0 Å². The Morgan fingerprint density at radius 3 is 2.50 bits per heavy atom. The lowest BCUT2D eigenvalue weighted by atomic mass is 9.90. The highest BCUT2D eigenvalue weighted by molar-refractivity contribution is 5.31. The van der Waals surface area contributed by atoms with Crippen molar-refractivity contribution in [3.8, 4) is 0 Å². The maximum Gasteiger partial charge on any atom is 0.0781 e. The van der Waals surface area contributed by atoms with E-state index >= 15 is 0 Å². The van der Waals surface area contributed by atoms with Crippen molar-refractivity contribution in [1.29, 1.82) is 0 Å². The number of likely N-dealkylation sites (N-methyl/N-ethyl adjacent to an activating group) is 1. The number of ether oxygens (including phenoxy) is 1. The van der Waals surface area contributed by atoms with Crippen molar-refractivity contribution in [3.05, 3.63) is 34.9 Å². The summed E-state index contributed by atoms with van der Waals surface area (Å²) in [7, 11) is 2.01. The zero-order chi connectivity index (χ0) is 13.8. The number of hydrogen-bond acceptors (Lipinski definition) is 2. The van der Waals surface area contributed by atoms with Crippen molar-refractivity contribution in [1.82, 2.24) is 5.32 Å². The van der Waals surface area contributed by atoms with E-state index in [1.807, 2.05) is 14.0 Å². The van der Waals surface area contributed by atoms with Crippen molar-refractivity contribution in [3.63, 3.8) is 0 Å². The van der Waals surface area contributed by atoms with Crippen LogP contribution in [0.1, 0.15) is 37.5 Å². The molecule has 1 aromatic rings. The monoisotopic (exact) mass is 249 g/mol. The third kappa shape index (κ3) is 3.82. The molecule has 0 heterocycles. The first kappa shape index (κ1) is 15.2. The first-order chi connectivity index (χ1) is 8.40. The largest absolute Gasteiger partial charge is 0.374 e. The maximum atomic E-state index is 5.86. The molecule has 102 valence electrons. The average molecular weight is 249 g/mol. The van der Waals surface area contributed by atoms with Crippen LogP contribution in [0.2, 0.25) is 0 Å². The van der Waals surface area contributed by atoms with E-state index < -0.39 is 0 Å². The van der Waals surface area contributed by atoms with Gasteiger partial charge in [0.15, 0.2) is 0 Å². The Morgan fingerprint density at radius 1 is 1.28 bits per heavy atom. The summed E-state index contributed by atoms with van der Waals surface area (Å²) in [6, 6.07) is 6.96. The summed E-state index contributed by atoms with van der Waals surface area (Å²) in [5.74, 6) is 0. The Hall–Kier alpha value is -0.860. The molecular formula is C16H27NO. The third-order valence-corrected chi connectivity index (χ3v) is 3.63. The zero-order valence-electron chi connectivity index (χ0n) is 12.6. The molecule has 0 aliphatic heterocycles. The normalized spacial score (nSPS) is 13.7. The van der Waals surface area contributed by atoms with Crippen LogP contribution in [0.3, 0.4) is 0 Å². The highest BCUT2D eigenvalue weighted by Crippen LogP contribution is 2.21. The van der Waals surface area contributed by atoms with Crippen LogP contribution in [0.25, 0.3) is 0 Å². The van der Waals surface area contributed by atoms with Gasteiger partial charge in [-0.05, 0) is 59.2 Å². The Morgan fingerprint density at radius 2 is 1.94 bits per heavy atom. The maximum absolute atomic E-state index is 5.86. The van der Waals surface area contributed by atoms with Crippen LogP contribution in [-0.2, 0) is 11.2 Å². The molecule has 1 unspecified atom stereocenters. The van der Waals surface area contributed by atoms with E-state index in [0.29, 0.717) is 6.04 Å².